The van der Waals surface area contributed by atoms with Crippen molar-refractivity contribution in [3.63, 3.8) is 0 Å². The fourth-order valence-electron chi connectivity index (χ4n) is 4.63. The van der Waals surface area contributed by atoms with E-state index in [-0.39, 0.29) is 11.0 Å². The van der Waals surface area contributed by atoms with E-state index in [2.05, 4.69) is 51.1 Å². The summed E-state index contributed by atoms with van der Waals surface area (Å²) in [4.78, 5) is 23.5. The van der Waals surface area contributed by atoms with Crippen molar-refractivity contribution in [3.05, 3.63) is 84.5 Å². The van der Waals surface area contributed by atoms with Crippen molar-refractivity contribution in [1.29, 1.82) is 0 Å². The van der Waals surface area contributed by atoms with Gasteiger partial charge in [0.2, 0.25) is 0 Å². The number of hydrogen-bond donors (Lipinski definition) is 1. The lowest BCUT2D eigenvalue weighted by Crippen LogP contribution is -2.65. The highest BCUT2D eigenvalue weighted by atomic mass is 28.4. The van der Waals surface area contributed by atoms with Crippen LogP contribution in [-0.2, 0) is 4.79 Å². The number of benzene rings is 2. The van der Waals surface area contributed by atoms with Gasteiger partial charge in [-0.1, -0.05) is 112 Å². The van der Waals surface area contributed by atoms with Crippen molar-refractivity contribution >= 4 is 25.0 Å². The molecular formula is C26H32O2Si. The van der Waals surface area contributed by atoms with Crippen LogP contribution in [0.3, 0.4) is 0 Å². The minimum Gasteiger partial charge on any atom is -0.424 e. The maximum Gasteiger partial charge on any atom is 0.258 e. The number of aldehydes is 1. The van der Waals surface area contributed by atoms with Gasteiger partial charge in [0.05, 0.1) is 5.92 Å². The fraction of sp³-hybridized carbons (Fsp3) is 0.346. The van der Waals surface area contributed by atoms with E-state index in [1.54, 1.807) is 0 Å². The predicted octanol–water partition coefficient (Wildman–Crippen LogP) is 4.64. The standard InChI is InChI=1S/C26H32O2Si/c1-21(25-18-10-13-22(25)20-27)12-11-19-26(2,3)29(28,23-14-6-4-7-15-23)24-16-8-5-9-17-24/h4-10,13-18,20-22,28H,11-12,19H2,1-3H3/t21-,22+/m0/s1. The molecule has 0 aliphatic heterocycles. The van der Waals surface area contributed by atoms with E-state index in [9.17, 15) is 9.59 Å². The first-order valence-electron chi connectivity index (χ1n) is 10.6. The summed E-state index contributed by atoms with van der Waals surface area (Å²) in [7, 11) is -2.94. The predicted molar refractivity (Wildman–Crippen MR) is 124 cm³/mol. The highest BCUT2D eigenvalue weighted by Gasteiger charge is 2.49. The monoisotopic (exact) mass is 404 g/mol. The zero-order valence-electron chi connectivity index (χ0n) is 17.7. The molecule has 3 heteroatoms. The molecule has 0 spiro atoms. The van der Waals surface area contributed by atoms with Crippen LogP contribution in [0.4, 0.5) is 0 Å². The van der Waals surface area contributed by atoms with Gasteiger partial charge < -0.3 is 9.59 Å². The molecule has 0 unspecified atom stereocenters. The second kappa shape index (κ2) is 9.06. The van der Waals surface area contributed by atoms with Crippen molar-refractivity contribution < 1.29 is 9.59 Å². The minimum atomic E-state index is -2.94. The molecule has 2 aromatic carbocycles. The quantitative estimate of drug-likeness (QED) is 0.488. The highest BCUT2D eigenvalue weighted by molar-refractivity contribution is 6.98. The van der Waals surface area contributed by atoms with Crippen molar-refractivity contribution in [3.8, 4) is 0 Å². The molecule has 0 fully saturated rings. The third-order valence-electron chi connectivity index (χ3n) is 6.51. The molecule has 0 aromatic heterocycles. The normalized spacial score (nSPS) is 17.8. The summed E-state index contributed by atoms with van der Waals surface area (Å²) < 4.78 is 0. The Balaban J connectivity index is 1.78. The minimum absolute atomic E-state index is 0.0574. The van der Waals surface area contributed by atoms with Crippen molar-refractivity contribution in [2.75, 3.05) is 0 Å². The van der Waals surface area contributed by atoms with Crippen LogP contribution in [0.25, 0.3) is 0 Å². The second-order valence-electron chi connectivity index (χ2n) is 8.83. The van der Waals surface area contributed by atoms with E-state index in [0.717, 1.165) is 35.9 Å². The molecule has 0 heterocycles. The number of carbonyl (C=O) groups excluding carboxylic acids is 1. The zero-order valence-corrected chi connectivity index (χ0v) is 18.7. The number of rotatable bonds is 9. The summed E-state index contributed by atoms with van der Waals surface area (Å²) >= 11 is 0. The Morgan fingerprint density at radius 1 is 1.03 bits per heavy atom. The molecule has 0 amide bonds. The summed E-state index contributed by atoms with van der Waals surface area (Å²) in [6, 6.07) is 20.4. The van der Waals surface area contributed by atoms with Gasteiger partial charge in [0.15, 0.2) is 0 Å². The number of carbonyl (C=O) groups is 1. The third-order valence-corrected chi connectivity index (χ3v) is 11.1. The Kier molecular flexibility index (Phi) is 6.71. The molecule has 2 aromatic rings. The van der Waals surface area contributed by atoms with E-state index in [4.69, 9.17) is 0 Å². The SMILES string of the molecule is C[C@@H](CCCC(C)(C)[Si](O)(c1ccccc1)c1ccccc1)C1=CC=C[C@@H]1C=O. The molecule has 152 valence electrons. The number of hydrogen-bond acceptors (Lipinski definition) is 2. The van der Waals surface area contributed by atoms with E-state index in [0.29, 0.717) is 5.92 Å². The Labute approximate surface area is 176 Å². The zero-order chi connectivity index (χ0) is 20.9. The highest BCUT2D eigenvalue weighted by Crippen LogP contribution is 2.41. The average molecular weight is 405 g/mol. The molecule has 1 aliphatic carbocycles. The van der Waals surface area contributed by atoms with Gasteiger partial charge in [0.1, 0.15) is 6.29 Å². The van der Waals surface area contributed by atoms with Gasteiger partial charge in [-0.25, -0.2) is 0 Å². The Hall–Kier alpha value is -2.23. The number of allylic oxidation sites excluding steroid dienone is 4. The van der Waals surface area contributed by atoms with Crippen molar-refractivity contribution in [1.82, 2.24) is 0 Å². The summed E-state index contributed by atoms with van der Waals surface area (Å²) in [5.41, 5.74) is 1.22. The lowest BCUT2D eigenvalue weighted by Gasteiger charge is -2.41. The maximum atomic E-state index is 12.2. The van der Waals surface area contributed by atoms with Crippen LogP contribution in [0.2, 0.25) is 5.04 Å². The van der Waals surface area contributed by atoms with Gasteiger partial charge in [-0.2, -0.15) is 0 Å². The van der Waals surface area contributed by atoms with Gasteiger partial charge in [-0.05, 0) is 34.2 Å². The molecule has 0 bridgehead atoms. The average Bonchev–Trinajstić information content (AvgIpc) is 3.23. The van der Waals surface area contributed by atoms with Crippen LogP contribution in [-0.4, -0.2) is 19.4 Å². The summed E-state index contributed by atoms with van der Waals surface area (Å²) in [5.74, 6) is 0.317. The van der Waals surface area contributed by atoms with E-state index < -0.39 is 8.32 Å². The molecule has 3 rings (SSSR count). The first kappa shape index (κ1) is 21.5. The molecule has 2 nitrogen and oxygen atoms in total. The van der Waals surface area contributed by atoms with Crippen LogP contribution in [0.5, 0.6) is 0 Å². The third kappa shape index (κ3) is 4.36. The summed E-state index contributed by atoms with van der Waals surface area (Å²) in [6.07, 6.45) is 10.1. The Bertz CT molecular complexity index is 829. The van der Waals surface area contributed by atoms with Gasteiger partial charge in [-0.3, -0.25) is 0 Å². The topological polar surface area (TPSA) is 37.3 Å². The first-order valence-corrected chi connectivity index (χ1v) is 12.5. The molecule has 0 saturated heterocycles. The van der Waals surface area contributed by atoms with Crippen molar-refractivity contribution in [2.24, 2.45) is 11.8 Å². The lowest BCUT2D eigenvalue weighted by molar-refractivity contribution is -0.109. The maximum absolute atomic E-state index is 12.2. The van der Waals surface area contributed by atoms with E-state index in [1.165, 1.54) is 5.57 Å². The molecule has 2 atom stereocenters. The molecule has 0 saturated carbocycles. The van der Waals surface area contributed by atoms with Gasteiger partial charge in [0.25, 0.3) is 8.32 Å². The van der Waals surface area contributed by atoms with Crippen LogP contribution in [0.1, 0.15) is 40.0 Å². The second-order valence-corrected chi connectivity index (χ2v) is 12.8. The first-order chi connectivity index (χ1) is 13.9. The van der Waals surface area contributed by atoms with Crippen LogP contribution in [0.15, 0.2) is 84.5 Å². The van der Waals surface area contributed by atoms with Crippen LogP contribution < -0.4 is 10.4 Å². The van der Waals surface area contributed by atoms with E-state index >= 15 is 0 Å². The molecule has 29 heavy (non-hydrogen) atoms. The van der Waals surface area contributed by atoms with Gasteiger partial charge >= 0.3 is 0 Å². The smallest absolute Gasteiger partial charge is 0.258 e. The van der Waals surface area contributed by atoms with E-state index in [1.807, 2.05) is 48.6 Å². The lowest BCUT2D eigenvalue weighted by atomic mass is 9.88. The fourth-order valence-corrected chi connectivity index (χ4v) is 8.41. The largest absolute Gasteiger partial charge is 0.424 e. The molecular weight excluding hydrogens is 372 g/mol. The van der Waals surface area contributed by atoms with Crippen LogP contribution in [0, 0.1) is 11.8 Å². The van der Waals surface area contributed by atoms with Gasteiger partial charge in [0, 0.05) is 0 Å². The van der Waals surface area contributed by atoms with Crippen molar-refractivity contribution in [2.45, 2.75) is 45.1 Å². The summed E-state index contributed by atoms with van der Waals surface area (Å²) in [5, 5.41) is 1.91. The van der Waals surface area contributed by atoms with Crippen LogP contribution >= 0.6 is 0 Å². The molecule has 1 N–H and O–H groups in total. The van der Waals surface area contributed by atoms with Gasteiger partial charge in [-0.15, -0.1) is 0 Å². The molecule has 1 aliphatic rings. The Morgan fingerprint density at radius 2 is 1.59 bits per heavy atom. The molecule has 0 radical (unpaired) electrons. The summed E-state index contributed by atoms with van der Waals surface area (Å²) in [6.45, 7) is 6.64. The Morgan fingerprint density at radius 3 is 2.10 bits per heavy atom.